The first kappa shape index (κ1) is 59.7. The lowest BCUT2D eigenvalue weighted by molar-refractivity contribution is 0.589. The van der Waals surface area contributed by atoms with Gasteiger partial charge in [-0.25, -0.2) is 0 Å². The van der Waals surface area contributed by atoms with Crippen molar-refractivity contribution in [1.29, 1.82) is 0 Å². The van der Waals surface area contributed by atoms with E-state index in [0.29, 0.717) is 32.3 Å². The molecule has 13 aromatic carbocycles. The molecule has 0 aliphatic heterocycles. The van der Waals surface area contributed by atoms with E-state index in [1.807, 2.05) is 110 Å². The molecule has 0 radical (unpaired) electrons. The Balaban J connectivity index is 1.04. The summed E-state index contributed by atoms with van der Waals surface area (Å²) < 4.78 is 0. The van der Waals surface area contributed by atoms with Crippen molar-refractivity contribution in [3.8, 4) is 67.2 Å². The third-order valence-corrected chi connectivity index (χ3v) is 19.8. The zero-order valence-electron chi connectivity index (χ0n) is 55.3. The van der Waals surface area contributed by atoms with Crippen LogP contribution < -0.4 is 16.3 Å². The summed E-state index contributed by atoms with van der Waals surface area (Å²) in [7, 11) is 0. The highest BCUT2D eigenvalue weighted by Crippen LogP contribution is 2.46. The summed E-state index contributed by atoms with van der Waals surface area (Å²) >= 11 is 0. The van der Waals surface area contributed by atoms with E-state index in [9.17, 15) is 0 Å². The van der Waals surface area contributed by atoms with Crippen LogP contribution in [-0.2, 0) is 16.2 Å². The highest BCUT2D eigenvalue weighted by atomic mass is 16.1. The Kier molecular flexibility index (Phi) is 13.9. The number of hydrogen-bond donors (Lipinski definition) is 0. The van der Waals surface area contributed by atoms with Crippen molar-refractivity contribution in [2.24, 2.45) is 0 Å². The van der Waals surface area contributed by atoms with E-state index in [0.717, 1.165) is 132 Å². The van der Waals surface area contributed by atoms with Crippen LogP contribution >= 0.6 is 0 Å². The van der Waals surface area contributed by atoms with Crippen LogP contribution in [0.2, 0.25) is 0 Å². The summed E-state index contributed by atoms with van der Waals surface area (Å²) in [6.07, 6.45) is 5.66. The van der Waals surface area contributed by atoms with E-state index in [1.54, 1.807) is 0 Å². The molecule has 462 valence electrons. The summed E-state index contributed by atoms with van der Waals surface area (Å²) in [6, 6.07) is 81.1. The SMILES string of the molecule is CC(C)(C)c1ccnc(-c2ccc3c(c2)c2ccccc2c(=O)c2cccc(-c4cc(-c5cccc6c(=O)c7ccccc7c7cc(-c8cc(C(C)(C)C)ccn8)ccc7c56)cc(-c5cccc6c(=O)c7ccccc7c7cc(-c8cc(C(C)(C)C)ccn8)ccc7c56)c4)c23)c1. The lowest BCUT2D eigenvalue weighted by Gasteiger charge is -2.19. The topological polar surface area (TPSA) is 89.9 Å². The van der Waals surface area contributed by atoms with Crippen molar-refractivity contribution >= 4 is 97.0 Å². The quantitative estimate of drug-likeness (QED) is 0.165. The average Bonchev–Trinajstić information content (AvgIpc) is 1.26. The number of fused-ring (bicyclic) bond motifs is 15. The highest BCUT2D eigenvalue weighted by Gasteiger charge is 2.24. The molecule has 0 bridgehead atoms. The number of pyridine rings is 3. The number of benzene rings is 10. The molecular formula is C90H69N3O3. The molecule has 0 N–H and O–H groups in total. The van der Waals surface area contributed by atoms with Gasteiger partial charge in [0.2, 0.25) is 0 Å². The summed E-state index contributed by atoms with van der Waals surface area (Å²) in [6.45, 7) is 19.9. The fourth-order valence-electron chi connectivity index (χ4n) is 14.7. The third kappa shape index (κ3) is 10.0. The molecule has 0 saturated heterocycles. The van der Waals surface area contributed by atoms with Gasteiger partial charge in [0.25, 0.3) is 0 Å². The van der Waals surface area contributed by atoms with Gasteiger partial charge in [0.15, 0.2) is 16.3 Å². The lowest BCUT2D eigenvalue weighted by Crippen LogP contribution is -2.11. The third-order valence-electron chi connectivity index (χ3n) is 19.8. The largest absolute Gasteiger partial charge is 0.289 e. The minimum Gasteiger partial charge on any atom is -0.289 e. The Bertz CT molecular complexity index is 5610. The molecule has 16 aromatic rings. The number of rotatable bonds is 6. The normalized spacial score (nSPS) is 12.3. The van der Waals surface area contributed by atoms with Crippen LogP contribution in [0.25, 0.3) is 164 Å². The Morgan fingerprint density at radius 1 is 0.219 bits per heavy atom. The molecule has 0 unspecified atom stereocenters. The first-order chi connectivity index (χ1) is 46.2. The van der Waals surface area contributed by atoms with Gasteiger partial charge in [-0.05, 0) is 188 Å². The van der Waals surface area contributed by atoms with Crippen molar-refractivity contribution in [3.05, 3.63) is 303 Å². The second-order valence-electron chi connectivity index (χ2n) is 28.9. The first-order valence-electron chi connectivity index (χ1n) is 33.1. The van der Waals surface area contributed by atoms with E-state index < -0.39 is 0 Å². The molecule has 16 rings (SSSR count). The molecule has 3 aromatic heterocycles. The first-order valence-corrected chi connectivity index (χ1v) is 33.1. The van der Waals surface area contributed by atoms with Gasteiger partial charge in [-0.15, -0.1) is 0 Å². The average molecular weight is 1240 g/mol. The van der Waals surface area contributed by atoms with Gasteiger partial charge >= 0.3 is 0 Å². The van der Waals surface area contributed by atoms with Crippen LogP contribution in [0.5, 0.6) is 0 Å². The van der Waals surface area contributed by atoms with E-state index >= 15 is 14.4 Å². The second kappa shape index (κ2) is 22.4. The van der Waals surface area contributed by atoms with Crippen LogP contribution in [-0.4, -0.2) is 15.0 Å². The molecule has 0 atom stereocenters. The van der Waals surface area contributed by atoms with Gasteiger partial charge in [0.05, 0.1) is 17.1 Å². The predicted molar refractivity (Wildman–Crippen MR) is 405 cm³/mol. The van der Waals surface area contributed by atoms with Crippen molar-refractivity contribution < 1.29 is 0 Å². The zero-order valence-corrected chi connectivity index (χ0v) is 55.3. The molecule has 6 nitrogen and oxygen atoms in total. The smallest absolute Gasteiger partial charge is 0.194 e. The van der Waals surface area contributed by atoms with Gasteiger partial charge in [0.1, 0.15) is 0 Å². The Labute approximate surface area is 556 Å². The maximum atomic E-state index is 15.6. The van der Waals surface area contributed by atoms with Crippen LogP contribution in [0, 0.1) is 0 Å². The number of hydrogen-bond acceptors (Lipinski definition) is 6. The van der Waals surface area contributed by atoms with Crippen LogP contribution in [0.4, 0.5) is 0 Å². The van der Waals surface area contributed by atoms with Gasteiger partial charge in [0, 0.05) is 83.8 Å². The maximum absolute atomic E-state index is 15.6. The van der Waals surface area contributed by atoms with E-state index in [4.69, 9.17) is 15.0 Å². The Morgan fingerprint density at radius 2 is 0.479 bits per heavy atom. The molecule has 0 spiro atoms. The fraction of sp³-hybridized carbons (Fsp3) is 0.133. The van der Waals surface area contributed by atoms with Crippen LogP contribution in [0.1, 0.15) is 79.0 Å². The van der Waals surface area contributed by atoms with Crippen molar-refractivity contribution in [2.45, 2.75) is 78.6 Å². The molecule has 0 aliphatic rings. The van der Waals surface area contributed by atoms with Gasteiger partial charge in [-0.1, -0.05) is 226 Å². The molecule has 0 saturated carbocycles. The second-order valence-corrected chi connectivity index (χ2v) is 28.9. The Morgan fingerprint density at radius 3 is 0.750 bits per heavy atom. The minimum absolute atomic E-state index is 0.0741. The molecule has 6 heteroatoms. The van der Waals surface area contributed by atoms with Gasteiger partial charge in [-0.3, -0.25) is 29.3 Å². The van der Waals surface area contributed by atoms with E-state index in [1.165, 1.54) is 16.7 Å². The number of nitrogens with zero attached hydrogens (tertiary/aromatic N) is 3. The van der Waals surface area contributed by atoms with Crippen molar-refractivity contribution in [3.63, 3.8) is 0 Å². The van der Waals surface area contributed by atoms with Crippen molar-refractivity contribution in [1.82, 2.24) is 15.0 Å². The summed E-state index contributed by atoms with van der Waals surface area (Å²) in [5.41, 5.74) is 13.5. The molecular weight excluding hydrogens is 1170 g/mol. The van der Waals surface area contributed by atoms with Crippen LogP contribution in [0.3, 0.4) is 0 Å². The van der Waals surface area contributed by atoms with E-state index in [-0.39, 0.29) is 32.5 Å². The fourth-order valence-corrected chi connectivity index (χ4v) is 14.7. The summed E-state index contributed by atoms with van der Waals surface area (Å²) in [5.74, 6) is 0. The molecule has 0 fully saturated rings. The van der Waals surface area contributed by atoms with Crippen LogP contribution in [0.15, 0.2) is 270 Å². The predicted octanol–water partition coefficient (Wildman–Crippen LogP) is 22.2. The summed E-state index contributed by atoms with van der Waals surface area (Å²) in [4.78, 5) is 61.6. The number of aromatic nitrogens is 3. The monoisotopic (exact) mass is 1240 g/mol. The summed E-state index contributed by atoms with van der Waals surface area (Å²) in [5, 5.41) is 14.1. The van der Waals surface area contributed by atoms with Gasteiger partial charge < -0.3 is 0 Å². The Hall–Kier alpha value is -11.3. The molecule has 3 heterocycles. The standard InChI is InChI=1S/C90H69N3O3/c1-88(2,3)58-37-40-91-79(49-58)52-31-34-67-76(46-52)64-19-10-13-22-70(64)85(94)73-28-16-25-61(82(67)73)55-43-56(62-26-17-29-74-83(62)68-35-32-53(80-50-59(38-41-92-80)89(4,5)6)47-77(68)65-20-11-14-23-71(65)86(74)95)45-57(44-55)63-27-18-30-75-84(63)69-36-33-54(81-51-60(39-42-93-81)90(7,8)9)48-78(69)66-21-12-15-24-72(66)87(75)96/h10-51H,1-9H3. The zero-order chi connectivity index (χ0) is 66.1. The lowest BCUT2D eigenvalue weighted by atomic mass is 9.86. The highest BCUT2D eigenvalue weighted by molar-refractivity contribution is 6.25. The minimum atomic E-state index is -0.102. The van der Waals surface area contributed by atoms with Gasteiger partial charge in [-0.2, -0.15) is 0 Å². The molecule has 0 aliphatic carbocycles. The molecule has 96 heavy (non-hydrogen) atoms. The maximum Gasteiger partial charge on any atom is 0.194 e. The molecule has 0 amide bonds. The van der Waals surface area contributed by atoms with E-state index in [2.05, 4.69) is 208 Å². The van der Waals surface area contributed by atoms with Crippen molar-refractivity contribution in [2.75, 3.05) is 0 Å².